The molecule has 0 N–H and O–H groups in total. The minimum absolute atomic E-state index is 0.0876. The predicted molar refractivity (Wildman–Crippen MR) is 110 cm³/mol. The Labute approximate surface area is 168 Å². The molecule has 1 aromatic carbocycles. The average Bonchev–Trinajstić information content (AvgIpc) is 3.26. The number of amides is 1. The summed E-state index contributed by atoms with van der Waals surface area (Å²) in [6.07, 6.45) is 0. The van der Waals surface area contributed by atoms with Gasteiger partial charge in [0.1, 0.15) is 0 Å². The first-order valence-electron chi connectivity index (χ1n) is 8.35. The fourth-order valence-electron chi connectivity index (χ4n) is 2.97. The van der Waals surface area contributed by atoms with Crippen LogP contribution in [0.25, 0.3) is 22.4 Å². The monoisotopic (exact) mass is 441 g/mol. The first-order valence-corrected chi connectivity index (χ1v) is 9.96. The van der Waals surface area contributed by atoms with Gasteiger partial charge in [-0.05, 0) is 41.1 Å². The maximum Gasteiger partial charge on any atom is 0.259 e. The zero-order chi connectivity index (χ0) is 19.0. The van der Waals surface area contributed by atoms with Crippen molar-refractivity contribution < 1.29 is 9.32 Å². The smallest absolute Gasteiger partial charge is 0.259 e. The second kappa shape index (κ2) is 7.25. The van der Waals surface area contributed by atoms with Gasteiger partial charge in [-0.2, -0.15) is 0 Å². The summed E-state index contributed by atoms with van der Waals surface area (Å²) in [6.45, 7) is 2.35. The van der Waals surface area contributed by atoms with Crippen LogP contribution in [0, 0.1) is 6.92 Å². The van der Waals surface area contributed by atoms with Gasteiger partial charge in [-0.3, -0.25) is 4.79 Å². The third kappa shape index (κ3) is 3.52. The van der Waals surface area contributed by atoms with Crippen LogP contribution in [0.5, 0.6) is 0 Å². The van der Waals surface area contributed by atoms with Gasteiger partial charge in [-0.1, -0.05) is 35.5 Å². The number of nitrogens with zero attached hydrogens (tertiary/aromatic N) is 3. The molecule has 27 heavy (non-hydrogen) atoms. The van der Waals surface area contributed by atoms with E-state index in [4.69, 9.17) is 4.52 Å². The van der Waals surface area contributed by atoms with Crippen molar-refractivity contribution in [3.8, 4) is 11.3 Å². The highest BCUT2D eigenvalue weighted by Gasteiger charge is 2.22. The molecule has 4 rings (SSSR count). The third-order valence-corrected chi connectivity index (χ3v) is 5.89. The lowest BCUT2D eigenvalue weighted by molar-refractivity contribution is 0.0788. The Morgan fingerprint density at radius 2 is 2.00 bits per heavy atom. The fourth-order valence-corrected chi connectivity index (χ4v) is 4.50. The van der Waals surface area contributed by atoms with Crippen molar-refractivity contribution in [1.82, 2.24) is 15.0 Å². The van der Waals surface area contributed by atoms with Gasteiger partial charge in [0, 0.05) is 17.5 Å². The molecule has 0 atom stereocenters. The van der Waals surface area contributed by atoms with E-state index in [0.29, 0.717) is 34.6 Å². The van der Waals surface area contributed by atoms with Crippen LogP contribution >= 0.6 is 27.3 Å². The molecule has 0 spiro atoms. The number of pyridine rings is 1. The lowest BCUT2D eigenvalue weighted by atomic mass is 10.0. The summed E-state index contributed by atoms with van der Waals surface area (Å²) in [5.41, 5.74) is 3.20. The van der Waals surface area contributed by atoms with Crippen molar-refractivity contribution >= 4 is 44.3 Å². The van der Waals surface area contributed by atoms with E-state index in [2.05, 4.69) is 26.1 Å². The Morgan fingerprint density at radius 3 is 2.70 bits per heavy atom. The van der Waals surface area contributed by atoms with Crippen LogP contribution in [0.4, 0.5) is 0 Å². The summed E-state index contributed by atoms with van der Waals surface area (Å²) in [5.74, 6) is -0.0876. The van der Waals surface area contributed by atoms with Crippen LogP contribution < -0.4 is 0 Å². The van der Waals surface area contributed by atoms with Crippen molar-refractivity contribution in [1.29, 1.82) is 0 Å². The van der Waals surface area contributed by atoms with E-state index in [0.717, 1.165) is 14.2 Å². The topological polar surface area (TPSA) is 59.2 Å². The average molecular weight is 442 g/mol. The molecule has 5 nitrogen and oxygen atoms in total. The lowest BCUT2D eigenvalue weighted by Gasteiger charge is -2.17. The number of aryl methyl sites for hydroxylation is 1. The molecular formula is C20H16BrN3O2S. The van der Waals surface area contributed by atoms with E-state index in [1.807, 2.05) is 55.5 Å². The Kier molecular flexibility index (Phi) is 4.80. The highest BCUT2D eigenvalue weighted by Crippen LogP contribution is 2.29. The Morgan fingerprint density at radius 1 is 1.22 bits per heavy atom. The van der Waals surface area contributed by atoms with Crippen molar-refractivity contribution in [2.45, 2.75) is 13.5 Å². The lowest BCUT2D eigenvalue weighted by Crippen LogP contribution is -2.26. The summed E-state index contributed by atoms with van der Waals surface area (Å²) in [4.78, 5) is 20.6. The van der Waals surface area contributed by atoms with Crippen molar-refractivity contribution in [2.24, 2.45) is 0 Å². The van der Waals surface area contributed by atoms with E-state index < -0.39 is 0 Å². The molecule has 1 amide bonds. The van der Waals surface area contributed by atoms with Crippen LogP contribution in [-0.4, -0.2) is 28.0 Å². The van der Waals surface area contributed by atoms with Crippen LogP contribution in [0.1, 0.15) is 20.9 Å². The second-order valence-corrected chi connectivity index (χ2v) is 8.78. The van der Waals surface area contributed by atoms with Crippen LogP contribution in [0.3, 0.4) is 0 Å². The molecule has 0 saturated carbocycles. The molecule has 3 aromatic heterocycles. The van der Waals surface area contributed by atoms with Crippen LogP contribution in [-0.2, 0) is 6.54 Å². The molecule has 0 saturated heterocycles. The van der Waals surface area contributed by atoms with Crippen molar-refractivity contribution in [2.75, 3.05) is 7.05 Å². The Bertz CT molecular complexity index is 1120. The van der Waals surface area contributed by atoms with Crippen LogP contribution in [0.2, 0.25) is 0 Å². The molecular weight excluding hydrogens is 426 g/mol. The van der Waals surface area contributed by atoms with Gasteiger partial charge in [0.2, 0.25) is 0 Å². The van der Waals surface area contributed by atoms with Gasteiger partial charge in [0.15, 0.2) is 0 Å². The number of halogens is 1. The number of aromatic nitrogens is 2. The SMILES string of the molecule is Cc1noc2nc(-c3ccccc3)cc(C(=O)N(C)Cc3ccc(Br)s3)c12. The van der Waals surface area contributed by atoms with Crippen molar-refractivity contribution in [3.63, 3.8) is 0 Å². The van der Waals surface area contributed by atoms with Gasteiger partial charge in [0.05, 0.1) is 32.7 Å². The zero-order valence-electron chi connectivity index (χ0n) is 14.8. The highest BCUT2D eigenvalue weighted by atomic mass is 79.9. The van der Waals surface area contributed by atoms with Crippen LogP contribution in [0.15, 0.2) is 56.8 Å². The largest absolute Gasteiger partial charge is 0.337 e. The molecule has 0 unspecified atom stereocenters. The number of benzene rings is 1. The number of hydrogen-bond acceptors (Lipinski definition) is 5. The number of carbonyl (C=O) groups excluding carboxylic acids is 1. The maximum absolute atomic E-state index is 13.2. The number of fused-ring (bicyclic) bond motifs is 1. The van der Waals surface area contributed by atoms with Gasteiger partial charge in [0.25, 0.3) is 11.6 Å². The summed E-state index contributed by atoms with van der Waals surface area (Å²) < 4.78 is 6.41. The summed E-state index contributed by atoms with van der Waals surface area (Å²) in [7, 11) is 1.80. The number of rotatable bonds is 4. The van der Waals surface area contributed by atoms with E-state index in [1.165, 1.54) is 0 Å². The quantitative estimate of drug-likeness (QED) is 0.431. The number of hydrogen-bond donors (Lipinski definition) is 0. The maximum atomic E-state index is 13.2. The summed E-state index contributed by atoms with van der Waals surface area (Å²) in [6, 6.07) is 15.6. The minimum atomic E-state index is -0.0876. The second-order valence-electron chi connectivity index (χ2n) is 6.24. The standard InChI is InChI=1S/C20H16BrN3O2S/c1-12-18-15(20(25)24(2)11-14-8-9-17(21)27-14)10-16(22-19(18)26-23-12)13-6-4-3-5-7-13/h3-10H,11H2,1-2H3. The molecule has 7 heteroatoms. The minimum Gasteiger partial charge on any atom is -0.337 e. The highest BCUT2D eigenvalue weighted by molar-refractivity contribution is 9.11. The van der Waals surface area contributed by atoms with Crippen molar-refractivity contribution in [3.05, 3.63) is 68.5 Å². The zero-order valence-corrected chi connectivity index (χ0v) is 17.2. The van der Waals surface area contributed by atoms with Gasteiger partial charge >= 0.3 is 0 Å². The third-order valence-electron chi connectivity index (χ3n) is 4.29. The molecule has 0 aliphatic rings. The van der Waals surface area contributed by atoms with Gasteiger partial charge in [-0.15, -0.1) is 11.3 Å². The summed E-state index contributed by atoms with van der Waals surface area (Å²) in [5, 5.41) is 4.67. The summed E-state index contributed by atoms with van der Waals surface area (Å²) >= 11 is 5.08. The van der Waals surface area contributed by atoms with E-state index >= 15 is 0 Å². The molecule has 4 aromatic rings. The number of thiophene rings is 1. The van der Waals surface area contributed by atoms with Gasteiger partial charge < -0.3 is 9.42 Å². The molecule has 0 radical (unpaired) electrons. The predicted octanol–water partition coefficient (Wildman–Crippen LogP) is 5.29. The normalized spacial score (nSPS) is 11.1. The number of carbonyl (C=O) groups is 1. The fraction of sp³-hybridized carbons (Fsp3) is 0.150. The van der Waals surface area contributed by atoms with E-state index in [9.17, 15) is 4.79 Å². The molecule has 0 fully saturated rings. The molecule has 0 bridgehead atoms. The van der Waals surface area contributed by atoms with E-state index in [-0.39, 0.29) is 5.91 Å². The molecule has 0 aliphatic heterocycles. The Balaban J connectivity index is 1.77. The molecule has 3 heterocycles. The molecule has 136 valence electrons. The van der Waals surface area contributed by atoms with E-state index in [1.54, 1.807) is 23.3 Å². The molecule has 0 aliphatic carbocycles. The van der Waals surface area contributed by atoms with Gasteiger partial charge in [-0.25, -0.2) is 4.98 Å². The Hall–Kier alpha value is -2.51. The first kappa shape index (κ1) is 17.9. The first-order chi connectivity index (χ1) is 13.0.